The smallest absolute Gasteiger partial charge is 0.315 e. The van der Waals surface area contributed by atoms with Crippen LogP contribution in [0.3, 0.4) is 0 Å². The molecule has 0 saturated heterocycles. The van der Waals surface area contributed by atoms with E-state index in [1.165, 1.54) is 13.8 Å². The van der Waals surface area contributed by atoms with E-state index in [1.807, 2.05) is 0 Å². The van der Waals surface area contributed by atoms with Gasteiger partial charge in [0.15, 0.2) is 5.16 Å². The molecule has 0 aromatic rings. The molecule has 0 heterocycles. The number of hydrogen-bond donors (Lipinski definition) is 1. The highest BCUT2D eigenvalue weighted by Gasteiger charge is 2.34. The zero-order valence-corrected chi connectivity index (χ0v) is 6.72. The Hall–Kier alpha value is -0.470. The number of hydrogen-bond acceptors (Lipinski definition) is 3. The lowest BCUT2D eigenvalue weighted by Gasteiger charge is -2.10. The second-order valence-electron chi connectivity index (χ2n) is 2.64. The van der Waals surface area contributed by atoms with Crippen molar-refractivity contribution in [3.8, 4) is 0 Å². The molecule has 4 nitrogen and oxygen atoms in total. The van der Waals surface area contributed by atoms with E-state index < -0.39 is 19.2 Å². The summed E-state index contributed by atoms with van der Waals surface area (Å²) in [5.41, 5.74) is 0. The molecule has 58 valence electrons. The zero-order valence-electron chi connectivity index (χ0n) is 5.83. The molecule has 0 amide bonds. The van der Waals surface area contributed by atoms with E-state index in [-0.39, 0.29) is 6.42 Å². The number of carboxylic acids is 1. The fourth-order valence-corrected chi connectivity index (χ4v) is 0.699. The number of carbonyl (C=O) groups is 1. The lowest BCUT2D eigenvalue weighted by molar-refractivity contribution is -0.170. The fraction of sp³-hybridized carbons (Fsp3) is 0.800. The first kappa shape index (κ1) is 9.53. The Kier molecular flexibility index (Phi) is 2.94. The molecule has 0 aromatic carbocycles. The molecule has 0 spiro atoms. The molecule has 0 bridgehead atoms. The van der Waals surface area contributed by atoms with Gasteiger partial charge in [-0.25, -0.2) is 0 Å². The summed E-state index contributed by atoms with van der Waals surface area (Å²) in [7, 11) is -2.66. The first-order valence-corrected chi connectivity index (χ1v) is 3.90. The summed E-state index contributed by atoms with van der Waals surface area (Å²) in [5.74, 6) is -1.09. The van der Waals surface area contributed by atoms with Crippen molar-refractivity contribution in [1.82, 2.24) is 0 Å². The van der Waals surface area contributed by atoms with Crippen LogP contribution in [0.4, 0.5) is 0 Å². The zero-order chi connectivity index (χ0) is 8.36. The Morgan fingerprint density at radius 1 is 1.70 bits per heavy atom. The maximum atomic E-state index is 10.3. The maximum absolute atomic E-state index is 10.3. The van der Waals surface area contributed by atoms with Crippen LogP contribution < -0.4 is 4.89 Å². The second-order valence-corrected chi connectivity index (χ2v) is 4.36. The van der Waals surface area contributed by atoms with Gasteiger partial charge < -0.3 is 10.00 Å². The van der Waals surface area contributed by atoms with Gasteiger partial charge in [0, 0.05) is 0 Å². The van der Waals surface area contributed by atoms with Crippen molar-refractivity contribution in [2.24, 2.45) is 0 Å². The summed E-state index contributed by atoms with van der Waals surface area (Å²) in [4.78, 5) is 20.4. The molecule has 10 heavy (non-hydrogen) atoms. The monoisotopic (exact) mass is 164 g/mol. The minimum Gasteiger partial charge on any atom is -0.595 e. The number of carboxylic acid groups (broad SMARTS) is 1. The van der Waals surface area contributed by atoms with Crippen molar-refractivity contribution >= 4 is 14.0 Å². The van der Waals surface area contributed by atoms with Gasteiger partial charge in [0.2, 0.25) is 0 Å². The van der Waals surface area contributed by atoms with Crippen LogP contribution in [0.25, 0.3) is 0 Å². The van der Waals surface area contributed by atoms with Crippen molar-refractivity contribution in [2.75, 3.05) is 0 Å². The first-order valence-electron chi connectivity index (χ1n) is 2.72. The molecule has 1 unspecified atom stereocenters. The predicted molar refractivity (Wildman–Crippen MR) is 33.9 cm³/mol. The van der Waals surface area contributed by atoms with E-state index in [9.17, 15) is 14.3 Å². The topological polar surface area (TPSA) is 77.4 Å². The van der Waals surface area contributed by atoms with E-state index in [4.69, 9.17) is 5.11 Å². The standard InChI is InChI=1S/C5H9O4P/c1-5(2,10(8)9)3-4(6)7/h3H2,1-2H3,(H,6,7). The number of rotatable bonds is 3. The van der Waals surface area contributed by atoms with Crippen molar-refractivity contribution in [1.29, 1.82) is 0 Å². The van der Waals surface area contributed by atoms with Crippen LogP contribution in [-0.2, 0) is 9.36 Å². The van der Waals surface area contributed by atoms with Gasteiger partial charge in [0.25, 0.3) is 0 Å². The maximum Gasteiger partial charge on any atom is 0.315 e. The van der Waals surface area contributed by atoms with Crippen LogP contribution in [0, 0.1) is 0 Å². The molecule has 0 rings (SSSR count). The van der Waals surface area contributed by atoms with Gasteiger partial charge in [0.1, 0.15) is 0 Å². The minimum atomic E-state index is -2.66. The summed E-state index contributed by atoms with van der Waals surface area (Å²) in [6.45, 7) is 2.76. The molecular formula is C5H9O4P. The lowest BCUT2D eigenvalue weighted by Crippen LogP contribution is -2.23. The number of aliphatic carboxylic acids is 1. The average Bonchev–Trinajstić information content (AvgIpc) is 1.60. The van der Waals surface area contributed by atoms with Crippen LogP contribution in [0.2, 0.25) is 0 Å². The van der Waals surface area contributed by atoms with Crippen LogP contribution >= 0.6 is 8.03 Å². The molecule has 5 heteroatoms. The van der Waals surface area contributed by atoms with E-state index >= 15 is 0 Å². The molecule has 0 aliphatic heterocycles. The van der Waals surface area contributed by atoms with Crippen molar-refractivity contribution in [2.45, 2.75) is 25.4 Å². The van der Waals surface area contributed by atoms with Crippen molar-refractivity contribution in [3.63, 3.8) is 0 Å². The van der Waals surface area contributed by atoms with Gasteiger partial charge in [0.05, 0.1) is 6.42 Å². The molecule has 0 aliphatic carbocycles. The van der Waals surface area contributed by atoms with Gasteiger partial charge in [-0.2, -0.15) is 0 Å². The Morgan fingerprint density at radius 3 is 2.20 bits per heavy atom. The average molecular weight is 164 g/mol. The molecule has 0 radical (unpaired) electrons. The highest BCUT2D eigenvalue weighted by Crippen LogP contribution is 2.33. The van der Waals surface area contributed by atoms with Gasteiger partial charge in [-0.15, -0.1) is 0 Å². The summed E-state index contributed by atoms with van der Waals surface area (Å²) >= 11 is 0. The van der Waals surface area contributed by atoms with Gasteiger partial charge >= 0.3 is 14.0 Å². The predicted octanol–water partition coefficient (Wildman–Crippen LogP) is 0.342. The molecule has 1 N–H and O–H groups in total. The summed E-state index contributed by atoms with van der Waals surface area (Å²) in [6, 6.07) is 0. The van der Waals surface area contributed by atoms with E-state index in [2.05, 4.69) is 0 Å². The molecule has 0 aromatic heterocycles. The van der Waals surface area contributed by atoms with Crippen LogP contribution in [-0.4, -0.2) is 16.2 Å². The summed E-state index contributed by atoms with van der Waals surface area (Å²) in [6.07, 6.45) is -0.342. The summed E-state index contributed by atoms with van der Waals surface area (Å²) in [5, 5.41) is 7.11. The third-order valence-corrected chi connectivity index (χ3v) is 2.22. The van der Waals surface area contributed by atoms with E-state index in [0.717, 1.165) is 0 Å². The SMILES string of the molecule is CC(C)(CC(=O)O)[P+](=O)[O-]. The van der Waals surface area contributed by atoms with Crippen molar-refractivity contribution < 1.29 is 19.4 Å². The Labute approximate surface area is 59.7 Å². The highest BCUT2D eigenvalue weighted by atomic mass is 31.1. The molecule has 0 saturated carbocycles. The van der Waals surface area contributed by atoms with Crippen molar-refractivity contribution in [3.05, 3.63) is 0 Å². The Balaban J connectivity index is 4.13. The Morgan fingerprint density at radius 2 is 2.10 bits per heavy atom. The first-order chi connectivity index (χ1) is 4.36. The van der Waals surface area contributed by atoms with Gasteiger partial charge in [-0.05, 0) is 13.8 Å². The summed E-state index contributed by atoms with van der Waals surface area (Å²) < 4.78 is 10.3. The molecule has 0 aliphatic rings. The largest absolute Gasteiger partial charge is 0.595 e. The van der Waals surface area contributed by atoms with Crippen LogP contribution in [0.5, 0.6) is 0 Å². The van der Waals surface area contributed by atoms with E-state index in [1.54, 1.807) is 0 Å². The van der Waals surface area contributed by atoms with Gasteiger partial charge in [-0.1, -0.05) is 4.57 Å². The third-order valence-electron chi connectivity index (χ3n) is 1.08. The molecule has 1 atom stereocenters. The van der Waals surface area contributed by atoms with Crippen LogP contribution in [0.15, 0.2) is 0 Å². The molecular weight excluding hydrogens is 155 g/mol. The highest BCUT2D eigenvalue weighted by molar-refractivity contribution is 7.38. The minimum absolute atomic E-state index is 0.342. The fourth-order valence-electron chi connectivity index (χ4n) is 0.435. The van der Waals surface area contributed by atoms with Gasteiger partial charge in [-0.3, -0.25) is 4.79 Å². The Bertz CT molecular complexity index is 163. The van der Waals surface area contributed by atoms with E-state index in [0.29, 0.717) is 0 Å². The lowest BCUT2D eigenvalue weighted by atomic mass is 10.1. The third kappa shape index (κ3) is 2.90. The quantitative estimate of drug-likeness (QED) is 0.610. The van der Waals surface area contributed by atoms with Crippen LogP contribution in [0.1, 0.15) is 20.3 Å². The second kappa shape index (κ2) is 3.08. The normalized spacial score (nSPS) is 12.9. The molecule has 0 fully saturated rings.